The van der Waals surface area contributed by atoms with Gasteiger partial charge < -0.3 is 14.4 Å². The normalized spacial score (nSPS) is 16.4. The van der Waals surface area contributed by atoms with Crippen molar-refractivity contribution in [3.8, 4) is 0 Å². The number of aromatic nitrogens is 4. The van der Waals surface area contributed by atoms with Crippen LogP contribution in [-0.2, 0) is 6.54 Å². The molecule has 0 radical (unpaired) electrons. The summed E-state index contributed by atoms with van der Waals surface area (Å²) in [6.07, 6.45) is 9.17. The third-order valence-corrected chi connectivity index (χ3v) is 7.95. The Morgan fingerprint density at radius 3 is 2.13 bits per heavy atom. The first-order valence-electron chi connectivity index (χ1n) is 14.3. The summed E-state index contributed by atoms with van der Waals surface area (Å²) >= 11 is 0. The van der Waals surface area contributed by atoms with Crippen LogP contribution in [0.2, 0.25) is 0 Å². The quantitative estimate of drug-likeness (QED) is 0.240. The molecule has 2 aliphatic heterocycles. The molecule has 0 spiro atoms. The molecule has 1 N–H and O–H groups in total. The third-order valence-electron chi connectivity index (χ3n) is 7.95. The number of benzene rings is 2. The summed E-state index contributed by atoms with van der Waals surface area (Å²) < 4.78 is 2.37. The van der Waals surface area contributed by atoms with Crippen LogP contribution in [0.4, 0.5) is 17.8 Å². The highest BCUT2D eigenvalue weighted by molar-refractivity contribution is 6.01. The van der Waals surface area contributed by atoms with Gasteiger partial charge in [-0.3, -0.25) is 0 Å². The van der Waals surface area contributed by atoms with Gasteiger partial charge in [-0.25, -0.2) is 5.43 Å². The van der Waals surface area contributed by atoms with E-state index in [1.54, 1.807) is 0 Å². The molecule has 0 unspecified atom stereocenters. The van der Waals surface area contributed by atoms with Gasteiger partial charge in [0.15, 0.2) is 0 Å². The molecule has 4 aromatic rings. The Morgan fingerprint density at radius 1 is 0.795 bits per heavy atom. The highest BCUT2D eigenvalue weighted by atomic mass is 15.4. The van der Waals surface area contributed by atoms with Crippen molar-refractivity contribution in [2.45, 2.75) is 58.9 Å². The lowest BCUT2D eigenvalue weighted by atomic mass is 10.1. The van der Waals surface area contributed by atoms with Gasteiger partial charge in [-0.15, -0.1) is 0 Å². The van der Waals surface area contributed by atoms with Crippen LogP contribution in [0.15, 0.2) is 53.6 Å². The molecule has 2 aromatic heterocycles. The van der Waals surface area contributed by atoms with Gasteiger partial charge in [-0.05, 0) is 64.0 Å². The fourth-order valence-corrected chi connectivity index (χ4v) is 5.85. The summed E-state index contributed by atoms with van der Waals surface area (Å²) in [5.41, 5.74) is 9.22. The molecule has 0 aliphatic carbocycles. The summed E-state index contributed by atoms with van der Waals surface area (Å²) in [6.45, 7) is 9.10. The Morgan fingerprint density at radius 2 is 1.46 bits per heavy atom. The van der Waals surface area contributed by atoms with Gasteiger partial charge in [0, 0.05) is 54.9 Å². The van der Waals surface area contributed by atoms with Crippen LogP contribution in [0.3, 0.4) is 0 Å². The minimum atomic E-state index is 0.503. The predicted molar refractivity (Wildman–Crippen MR) is 160 cm³/mol. The Balaban J connectivity index is 1.29. The molecule has 4 heterocycles. The first-order chi connectivity index (χ1) is 19.2. The van der Waals surface area contributed by atoms with E-state index in [1.807, 2.05) is 6.21 Å². The Bertz CT molecular complexity index is 1420. The van der Waals surface area contributed by atoms with Gasteiger partial charge in [0.25, 0.3) is 0 Å². The number of aryl methyl sites for hydroxylation is 1. The summed E-state index contributed by atoms with van der Waals surface area (Å²) in [6, 6.07) is 17.3. The zero-order valence-electron chi connectivity index (χ0n) is 23.1. The molecular weight excluding hydrogens is 484 g/mol. The van der Waals surface area contributed by atoms with Crippen LogP contribution in [0.1, 0.15) is 60.9 Å². The Hall–Kier alpha value is -3.94. The molecular formula is C31H38N8. The number of fused-ring (bicyclic) bond motifs is 1. The average molecular weight is 523 g/mol. The van der Waals surface area contributed by atoms with Crippen molar-refractivity contribution in [3.05, 3.63) is 70.9 Å². The molecule has 2 saturated heterocycles. The second-order valence-electron chi connectivity index (χ2n) is 10.8. The van der Waals surface area contributed by atoms with E-state index < -0.39 is 0 Å². The van der Waals surface area contributed by atoms with Crippen LogP contribution < -0.4 is 15.2 Å². The monoisotopic (exact) mass is 522 g/mol. The third kappa shape index (κ3) is 5.60. The lowest BCUT2D eigenvalue weighted by molar-refractivity contribution is 0.556. The van der Waals surface area contributed by atoms with Crippen LogP contribution in [-0.4, -0.2) is 51.9 Å². The van der Waals surface area contributed by atoms with Crippen molar-refractivity contribution in [3.63, 3.8) is 0 Å². The lowest BCUT2D eigenvalue weighted by Crippen LogP contribution is -2.34. The van der Waals surface area contributed by atoms with E-state index in [2.05, 4.69) is 87.3 Å². The molecule has 0 amide bonds. The Kier molecular flexibility index (Phi) is 7.43. The first-order valence-corrected chi connectivity index (χ1v) is 14.3. The van der Waals surface area contributed by atoms with Gasteiger partial charge in [0.2, 0.25) is 17.8 Å². The van der Waals surface area contributed by atoms with Crippen LogP contribution in [0, 0.1) is 13.8 Å². The molecule has 0 saturated carbocycles. The number of piperidine rings is 2. The zero-order chi connectivity index (χ0) is 26.6. The van der Waals surface area contributed by atoms with Gasteiger partial charge >= 0.3 is 0 Å². The van der Waals surface area contributed by atoms with Gasteiger partial charge in [-0.2, -0.15) is 20.1 Å². The second kappa shape index (κ2) is 11.4. The minimum Gasteiger partial charge on any atom is -0.341 e. The molecule has 202 valence electrons. The van der Waals surface area contributed by atoms with E-state index in [4.69, 9.17) is 15.0 Å². The van der Waals surface area contributed by atoms with Crippen molar-refractivity contribution in [2.75, 3.05) is 41.4 Å². The van der Waals surface area contributed by atoms with E-state index in [0.717, 1.165) is 50.2 Å². The topological polar surface area (TPSA) is 74.5 Å². The van der Waals surface area contributed by atoms with Crippen LogP contribution in [0.5, 0.6) is 0 Å². The van der Waals surface area contributed by atoms with E-state index in [0.29, 0.717) is 5.95 Å². The SMILES string of the molecule is Cc1cccc(Cn2c(C)c(/C=N\Nc3nc(N4CCCCC4)nc(N4CCCCC4)n3)c3ccccc32)c1. The number of nitrogens with one attached hydrogen (secondary N) is 1. The summed E-state index contributed by atoms with van der Waals surface area (Å²) in [7, 11) is 0. The zero-order valence-corrected chi connectivity index (χ0v) is 23.1. The number of rotatable bonds is 7. The van der Waals surface area contributed by atoms with Crippen LogP contribution in [0.25, 0.3) is 10.9 Å². The Labute approximate surface area is 230 Å². The number of para-hydroxylation sites is 1. The molecule has 6 rings (SSSR count). The van der Waals surface area contributed by atoms with E-state index >= 15 is 0 Å². The van der Waals surface area contributed by atoms with Crippen molar-refractivity contribution in [1.82, 2.24) is 19.5 Å². The molecule has 2 aromatic carbocycles. The van der Waals surface area contributed by atoms with Crippen LogP contribution >= 0.6 is 0 Å². The highest BCUT2D eigenvalue weighted by Gasteiger charge is 2.20. The number of hydrogen-bond acceptors (Lipinski definition) is 7. The predicted octanol–water partition coefficient (Wildman–Crippen LogP) is 5.92. The minimum absolute atomic E-state index is 0.503. The first kappa shape index (κ1) is 25.3. The maximum atomic E-state index is 4.89. The number of hydrogen-bond donors (Lipinski definition) is 1. The molecule has 0 atom stereocenters. The molecule has 8 nitrogen and oxygen atoms in total. The van der Waals surface area contributed by atoms with E-state index in [9.17, 15) is 0 Å². The number of hydrazone groups is 1. The maximum Gasteiger partial charge on any atom is 0.250 e. The summed E-state index contributed by atoms with van der Waals surface area (Å²) in [5, 5.41) is 5.84. The average Bonchev–Trinajstić information content (AvgIpc) is 3.24. The molecule has 2 fully saturated rings. The lowest BCUT2D eigenvalue weighted by Gasteiger charge is -2.30. The number of nitrogens with zero attached hydrogens (tertiary/aromatic N) is 7. The molecule has 8 heteroatoms. The molecule has 0 bridgehead atoms. The van der Waals surface area contributed by atoms with Gasteiger partial charge in [0.1, 0.15) is 0 Å². The highest BCUT2D eigenvalue weighted by Crippen LogP contribution is 2.26. The van der Waals surface area contributed by atoms with Gasteiger partial charge in [0.05, 0.1) is 6.21 Å². The van der Waals surface area contributed by atoms with Crippen molar-refractivity contribution < 1.29 is 0 Å². The van der Waals surface area contributed by atoms with Crippen molar-refractivity contribution in [2.24, 2.45) is 5.10 Å². The number of anilines is 3. The van der Waals surface area contributed by atoms with Crippen molar-refractivity contribution >= 4 is 35.0 Å². The fraction of sp³-hybridized carbons (Fsp3) is 0.419. The molecule has 39 heavy (non-hydrogen) atoms. The largest absolute Gasteiger partial charge is 0.341 e. The standard InChI is InChI=1S/C31H38N8/c1-23-12-11-13-25(20-23)22-39-24(2)27(26-14-5-6-15-28(26)39)21-32-36-29-33-30(37-16-7-3-8-17-37)35-31(34-29)38-18-9-4-10-19-38/h5-6,11-15,20-21H,3-4,7-10,16-19,22H2,1-2H3,(H,33,34,35,36)/b32-21-. The van der Waals surface area contributed by atoms with E-state index in [1.165, 1.54) is 66.2 Å². The smallest absolute Gasteiger partial charge is 0.250 e. The fourth-order valence-electron chi connectivity index (χ4n) is 5.85. The molecule has 2 aliphatic rings. The second-order valence-corrected chi connectivity index (χ2v) is 10.8. The van der Waals surface area contributed by atoms with Crippen molar-refractivity contribution in [1.29, 1.82) is 0 Å². The summed E-state index contributed by atoms with van der Waals surface area (Å²) in [5.74, 6) is 2.02. The summed E-state index contributed by atoms with van der Waals surface area (Å²) in [4.78, 5) is 19.0. The van der Waals surface area contributed by atoms with E-state index in [-0.39, 0.29) is 0 Å². The van der Waals surface area contributed by atoms with Gasteiger partial charge in [-0.1, -0.05) is 48.0 Å². The maximum absolute atomic E-state index is 4.89.